The molecule has 10 heteroatoms. The standard InChI is InChI=1S/C16H11F6NO3/c17-15(18,19)6-3-7(16(20,21)22)5-8(4-6)23-13(24)11-9-1-2-10(26-9)12(11)14(23)25/h3-5,9-12H,1-2H2. The molecule has 2 bridgehead atoms. The molecular formula is C16H11F6NO3. The molecule has 26 heavy (non-hydrogen) atoms. The lowest BCUT2D eigenvalue weighted by Gasteiger charge is -2.21. The molecule has 1 aromatic rings. The van der Waals surface area contributed by atoms with E-state index in [1.54, 1.807) is 0 Å². The SMILES string of the molecule is O=C1C2C3CCC(O3)C2C(=O)N1c1cc(C(F)(F)F)cc(C(F)(F)F)c1. The molecule has 0 N–H and O–H groups in total. The van der Waals surface area contributed by atoms with Gasteiger partial charge in [0, 0.05) is 0 Å². The van der Waals surface area contributed by atoms with E-state index in [9.17, 15) is 35.9 Å². The quantitative estimate of drug-likeness (QED) is 0.555. The zero-order chi connectivity index (χ0) is 19.0. The van der Waals surface area contributed by atoms with Gasteiger partial charge < -0.3 is 4.74 Å². The Bertz CT molecular complexity index is 742. The van der Waals surface area contributed by atoms with Gasteiger partial charge in [-0.25, -0.2) is 4.90 Å². The van der Waals surface area contributed by atoms with E-state index >= 15 is 0 Å². The summed E-state index contributed by atoms with van der Waals surface area (Å²) in [6.07, 6.45) is -10.1. The number of carbonyl (C=O) groups excluding carboxylic acids is 2. The van der Waals surface area contributed by atoms with Crippen molar-refractivity contribution in [3.8, 4) is 0 Å². The fourth-order valence-corrected chi connectivity index (χ4v) is 4.03. The second kappa shape index (κ2) is 5.21. The van der Waals surface area contributed by atoms with Gasteiger partial charge in [-0.3, -0.25) is 9.59 Å². The highest BCUT2D eigenvalue weighted by Gasteiger charge is 2.62. The highest BCUT2D eigenvalue weighted by Crippen LogP contribution is 2.50. The zero-order valence-corrected chi connectivity index (χ0v) is 12.9. The number of ether oxygens (including phenoxy) is 1. The largest absolute Gasteiger partial charge is 0.416 e. The van der Waals surface area contributed by atoms with Gasteiger partial charge in [-0.05, 0) is 31.0 Å². The Hall–Kier alpha value is -2.10. The van der Waals surface area contributed by atoms with Gasteiger partial charge >= 0.3 is 12.4 Å². The number of fused-ring (bicyclic) bond motifs is 5. The van der Waals surface area contributed by atoms with Crippen LogP contribution in [0.3, 0.4) is 0 Å². The second-order valence-corrected chi connectivity index (χ2v) is 6.62. The molecule has 1 aromatic carbocycles. The fourth-order valence-electron chi connectivity index (χ4n) is 4.03. The van der Waals surface area contributed by atoms with Gasteiger partial charge in [-0.1, -0.05) is 0 Å². The average molecular weight is 379 g/mol. The molecule has 0 saturated carbocycles. The summed E-state index contributed by atoms with van der Waals surface area (Å²) in [5.74, 6) is -3.30. The van der Waals surface area contributed by atoms with Crippen molar-refractivity contribution in [2.45, 2.75) is 37.4 Å². The molecule has 3 fully saturated rings. The number of hydrogen-bond acceptors (Lipinski definition) is 3. The first-order valence-corrected chi connectivity index (χ1v) is 7.81. The lowest BCUT2D eigenvalue weighted by atomic mass is 9.81. The summed E-state index contributed by atoms with van der Waals surface area (Å²) >= 11 is 0. The highest BCUT2D eigenvalue weighted by atomic mass is 19.4. The van der Waals surface area contributed by atoms with E-state index in [2.05, 4.69) is 0 Å². The third kappa shape index (κ3) is 2.42. The molecule has 4 unspecified atom stereocenters. The Balaban J connectivity index is 1.80. The maximum atomic E-state index is 13.0. The van der Waals surface area contributed by atoms with Crippen LogP contribution >= 0.6 is 0 Å². The Kier molecular flexibility index (Phi) is 3.47. The van der Waals surface area contributed by atoms with Gasteiger partial charge in [-0.15, -0.1) is 0 Å². The summed E-state index contributed by atoms with van der Waals surface area (Å²) in [6.45, 7) is 0. The lowest BCUT2D eigenvalue weighted by Crippen LogP contribution is -2.34. The van der Waals surface area contributed by atoms with Gasteiger partial charge in [0.05, 0.1) is 40.9 Å². The Morgan fingerprint density at radius 3 is 1.62 bits per heavy atom. The molecule has 3 saturated heterocycles. The number of alkyl halides is 6. The normalized spacial score (nSPS) is 31.1. The van der Waals surface area contributed by atoms with Crippen LogP contribution in [0.1, 0.15) is 24.0 Å². The first-order chi connectivity index (χ1) is 12.0. The lowest BCUT2D eigenvalue weighted by molar-refractivity contribution is -0.143. The van der Waals surface area contributed by atoms with Gasteiger partial charge in [0.2, 0.25) is 11.8 Å². The summed E-state index contributed by atoms with van der Waals surface area (Å²) in [5, 5.41) is 0. The van der Waals surface area contributed by atoms with Crippen LogP contribution in [-0.4, -0.2) is 24.0 Å². The van der Waals surface area contributed by atoms with Crippen LogP contribution in [-0.2, 0) is 26.7 Å². The van der Waals surface area contributed by atoms with Crippen molar-refractivity contribution in [2.24, 2.45) is 11.8 Å². The molecule has 3 aliphatic rings. The van der Waals surface area contributed by atoms with E-state index < -0.39 is 65.0 Å². The van der Waals surface area contributed by atoms with Crippen molar-refractivity contribution >= 4 is 17.5 Å². The van der Waals surface area contributed by atoms with Gasteiger partial charge in [0.25, 0.3) is 0 Å². The van der Waals surface area contributed by atoms with Gasteiger partial charge in [-0.2, -0.15) is 26.3 Å². The molecular weight excluding hydrogens is 368 g/mol. The molecule has 0 aromatic heterocycles. The molecule has 0 spiro atoms. The summed E-state index contributed by atoms with van der Waals surface area (Å²) in [6, 6.07) is 0.756. The first-order valence-electron chi connectivity index (χ1n) is 7.81. The van der Waals surface area contributed by atoms with E-state index in [1.165, 1.54) is 0 Å². The number of benzene rings is 1. The Labute approximate surface area is 142 Å². The first kappa shape index (κ1) is 17.3. The van der Waals surface area contributed by atoms with Crippen molar-refractivity contribution < 1.29 is 40.7 Å². The van der Waals surface area contributed by atoms with Crippen molar-refractivity contribution in [1.82, 2.24) is 0 Å². The fraction of sp³-hybridized carbons (Fsp3) is 0.500. The summed E-state index contributed by atoms with van der Waals surface area (Å²) < 4.78 is 83.5. The smallest absolute Gasteiger partial charge is 0.373 e. The zero-order valence-electron chi connectivity index (χ0n) is 12.9. The van der Waals surface area contributed by atoms with Crippen LogP contribution in [0, 0.1) is 11.8 Å². The molecule has 140 valence electrons. The number of anilines is 1. The van der Waals surface area contributed by atoms with Crippen LogP contribution < -0.4 is 4.90 Å². The molecule has 3 aliphatic heterocycles. The second-order valence-electron chi connectivity index (χ2n) is 6.62. The minimum atomic E-state index is -5.06. The Morgan fingerprint density at radius 1 is 0.808 bits per heavy atom. The number of rotatable bonds is 1. The summed E-state index contributed by atoms with van der Waals surface area (Å²) in [4.78, 5) is 25.6. The molecule has 0 radical (unpaired) electrons. The number of amides is 2. The van der Waals surface area contributed by atoms with Crippen LogP contribution in [0.15, 0.2) is 18.2 Å². The number of nitrogens with zero attached hydrogens (tertiary/aromatic N) is 1. The van der Waals surface area contributed by atoms with Crippen molar-refractivity contribution in [3.05, 3.63) is 29.3 Å². The van der Waals surface area contributed by atoms with Gasteiger partial charge in [0.1, 0.15) is 0 Å². The number of carbonyl (C=O) groups is 2. The monoisotopic (exact) mass is 379 g/mol. The molecule has 4 atom stereocenters. The number of hydrogen-bond donors (Lipinski definition) is 0. The highest BCUT2D eigenvalue weighted by molar-refractivity contribution is 6.22. The van der Waals surface area contributed by atoms with Crippen molar-refractivity contribution in [1.29, 1.82) is 0 Å². The Morgan fingerprint density at radius 2 is 1.23 bits per heavy atom. The van der Waals surface area contributed by atoms with E-state index in [0.717, 1.165) is 0 Å². The van der Waals surface area contributed by atoms with E-state index in [4.69, 9.17) is 4.74 Å². The molecule has 2 amide bonds. The van der Waals surface area contributed by atoms with E-state index in [1.807, 2.05) is 0 Å². The van der Waals surface area contributed by atoms with E-state index in [-0.39, 0.29) is 6.07 Å². The van der Waals surface area contributed by atoms with E-state index in [0.29, 0.717) is 29.9 Å². The summed E-state index contributed by atoms with van der Waals surface area (Å²) in [5.41, 5.74) is -3.85. The number of halogens is 6. The van der Waals surface area contributed by atoms with Gasteiger partial charge in [0.15, 0.2) is 0 Å². The topological polar surface area (TPSA) is 46.6 Å². The van der Waals surface area contributed by atoms with Crippen LogP contribution in [0.2, 0.25) is 0 Å². The van der Waals surface area contributed by atoms with Crippen LogP contribution in [0.25, 0.3) is 0 Å². The third-order valence-electron chi connectivity index (χ3n) is 5.11. The minimum Gasteiger partial charge on any atom is -0.373 e. The number of imide groups is 1. The molecule has 3 heterocycles. The maximum Gasteiger partial charge on any atom is 0.416 e. The predicted octanol–water partition coefficient (Wildman–Crippen LogP) is 3.39. The average Bonchev–Trinajstić information content (AvgIpc) is 3.19. The molecule has 4 rings (SSSR count). The predicted molar refractivity (Wildman–Crippen MR) is 73.8 cm³/mol. The van der Waals surface area contributed by atoms with Crippen LogP contribution in [0.5, 0.6) is 0 Å². The third-order valence-corrected chi connectivity index (χ3v) is 5.11. The van der Waals surface area contributed by atoms with Crippen molar-refractivity contribution in [2.75, 3.05) is 4.90 Å². The minimum absolute atomic E-state index is 0.0395. The maximum absolute atomic E-state index is 13.0. The summed E-state index contributed by atoms with van der Waals surface area (Å²) in [7, 11) is 0. The molecule has 4 nitrogen and oxygen atoms in total. The van der Waals surface area contributed by atoms with Crippen LogP contribution in [0.4, 0.5) is 32.0 Å². The van der Waals surface area contributed by atoms with Crippen molar-refractivity contribution in [3.63, 3.8) is 0 Å². The molecule has 0 aliphatic carbocycles.